The predicted octanol–water partition coefficient (Wildman–Crippen LogP) is 1.61. The highest BCUT2D eigenvalue weighted by Gasteiger charge is 2.06. The molecule has 0 atom stereocenters. The lowest BCUT2D eigenvalue weighted by Gasteiger charge is -2.12. The average Bonchev–Trinajstić information content (AvgIpc) is 2.42. The summed E-state index contributed by atoms with van der Waals surface area (Å²) in [7, 11) is 0. The fraction of sp³-hybridized carbons (Fsp3) is 0.200. The Bertz CT molecular complexity index is 839. The summed E-state index contributed by atoms with van der Waals surface area (Å²) in [5.41, 5.74) is 8.17. The van der Waals surface area contributed by atoms with Crippen molar-refractivity contribution in [1.29, 1.82) is 0 Å². The molecule has 0 aliphatic rings. The van der Waals surface area contributed by atoms with Gasteiger partial charge < -0.3 is 10.3 Å². The Balaban J connectivity index is 1.88. The van der Waals surface area contributed by atoms with Crippen molar-refractivity contribution in [3.63, 3.8) is 0 Å². The summed E-state index contributed by atoms with van der Waals surface area (Å²) in [4.78, 5) is 28.3. The first kappa shape index (κ1) is 17.8. The zero-order valence-electron chi connectivity index (χ0n) is 13.1. The van der Waals surface area contributed by atoms with Crippen molar-refractivity contribution in [3.8, 4) is 0 Å². The smallest absolute Gasteiger partial charge is 0.251 e. The van der Waals surface area contributed by atoms with E-state index in [0.717, 1.165) is 16.8 Å². The third-order valence-corrected chi connectivity index (χ3v) is 3.37. The van der Waals surface area contributed by atoms with Crippen molar-refractivity contribution in [1.82, 2.24) is 20.8 Å². The number of H-pyrrole nitrogens is 2. The molecule has 0 bridgehead atoms. The largest absolute Gasteiger partial charge is 0.335 e. The van der Waals surface area contributed by atoms with Crippen molar-refractivity contribution in [2.24, 2.45) is 0 Å². The second kappa shape index (κ2) is 7.84. The number of aryl methyl sites for hydroxylation is 2. The van der Waals surface area contributed by atoms with Gasteiger partial charge in [-0.25, -0.2) is 0 Å². The summed E-state index contributed by atoms with van der Waals surface area (Å²) in [5, 5.41) is 3.24. The fourth-order valence-corrected chi connectivity index (χ4v) is 2.57. The van der Waals surface area contributed by atoms with E-state index in [2.05, 4.69) is 32.2 Å². The number of amides is 1. The van der Waals surface area contributed by atoms with E-state index in [1.165, 1.54) is 6.07 Å². The molecule has 0 aliphatic heterocycles. The number of hydrogen-bond donors (Lipinski definition) is 5. The highest BCUT2D eigenvalue weighted by Crippen LogP contribution is 2.13. The Hall–Kier alpha value is -2.52. The lowest BCUT2D eigenvalue weighted by Crippen LogP contribution is -2.44. The molecule has 1 aromatic carbocycles. The van der Waals surface area contributed by atoms with Crippen molar-refractivity contribution < 1.29 is 4.79 Å². The van der Waals surface area contributed by atoms with Crippen LogP contribution in [0.1, 0.15) is 16.8 Å². The number of carbonyl (C=O) groups excluding carboxylic acids is 1. The van der Waals surface area contributed by atoms with Gasteiger partial charge in [0.2, 0.25) is 5.91 Å². The van der Waals surface area contributed by atoms with Crippen molar-refractivity contribution in [2.75, 3.05) is 5.32 Å². The first-order chi connectivity index (χ1) is 11.3. The molecular weight excluding hydrogens is 346 g/mol. The quantitative estimate of drug-likeness (QED) is 0.419. The second-order valence-electron chi connectivity index (χ2n) is 5.29. The minimum Gasteiger partial charge on any atom is -0.335 e. The number of thiocarbonyl (C=S) groups is 1. The van der Waals surface area contributed by atoms with Gasteiger partial charge in [-0.3, -0.25) is 25.4 Å². The van der Waals surface area contributed by atoms with Crippen LogP contribution in [0.3, 0.4) is 0 Å². The Morgan fingerprint density at radius 1 is 1.08 bits per heavy atom. The molecule has 0 aliphatic carbocycles. The van der Waals surface area contributed by atoms with Crippen LogP contribution in [-0.2, 0) is 11.2 Å². The monoisotopic (exact) mass is 363 g/mol. The first-order valence-corrected chi connectivity index (χ1v) is 7.90. The Morgan fingerprint density at radius 3 is 2.38 bits per heavy atom. The van der Waals surface area contributed by atoms with E-state index in [-0.39, 0.29) is 27.8 Å². The standard InChI is InChI=1S/C15H17N5O2S2/c1-8-3-9(2)5-10(4-8)17-15(24)20-19-13(22)7-11-6-12(21)18-14(23)16-11/h3-6H,7H2,1-2H3,(H,19,22)(H2,17,20,24)(H2,16,18,21,23). The van der Waals surface area contributed by atoms with Crippen molar-refractivity contribution in [3.05, 3.63) is 56.2 Å². The van der Waals surface area contributed by atoms with E-state index in [1.54, 1.807) is 0 Å². The van der Waals surface area contributed by atoms with Crippen LogP contribution in [0, 0.1) is 18.6 Å². The summed E-state index contributed by atoms with van der Waals surface area (Å²) < 4.78 is 0.172. The number of rotatable bonds is 3. The molecule has 0 radical (unpaired) electrons. The average molecular weight is 363 g/mol. The van der Waals surface area contributed by atoms with Gasteiger partial charge in [0.1, 0.15) is 0 Å². The Labute approximate surface area is 148 Å². The fourth-order valence-electron chi connectivity index (χ4n) is 2.17. The summed E-state index contributed by atoms with van der Waals surface area (Å²) in [6, 6.07) is 7.22. The molecule has 1 heterocycles. The van der Waals surface area contributed by atoms with Gasteiger partial charge in [-0.15, -0.1) is 0 Å². The molecule has 2 aromatic rings. The summed E-state index contributed by atoms with van der Waals surface area (Å²) >= 11 is 9.98. The molecule has 0 saturated carbocycles. The minimum atomic E-state index is -0.365. The van der Waals surface area contributed by atoms with Gasteiger partial charge in [-0.2, -0.15) is 0 Å². The number of benzene rings is 1. The summed E-state index contributed by atoms with van der Waals surface area (Å²) in [5.74, 6) is -0.365. The Kier molecular flexibility index (Phi) is 5.83. The first-order valence-electron chi connectivity index (χ1n) is 7.08. The lowest BCUT2D eigenvalue weighted by molar-refractivity contribution is -0.121. The normalized spacial score (nSPS) is 10.1. The summed E-state index contributed by atoms with van der Waals surface area (Å²) in [6.45, 7) is 3.98. The highest BCUT2D eigenvalue weighted by molar-refractivity contribution is 7.80. The topological polar surface area (TPSA) is 102 Å². The third-order valence-electron chi connectivity index (χ3n) is 2.96. The minimum absolute atomic E-state index is 0.0350. The van der Waals surface area contributed by atoms with Gasteiger partial charge in [0, 0.05) is 17.4 Å². The van der Waals surface area contributed by atoms with Crippen LogP contribution in [0.15, 0.2) is 29.1 Å². The summed E-state index contributed by atoms with van der Waals surface area (Å²) in [6.07, 6.45) is -0.0350. The molecule has 5 N–H and O–H groups in total. The molecule has 0 spiro atoms. The van der Waals surface area contributed by atoms with Gasteiger partial charge in [0.25, 0.3) is 5.56 Å². The lowest BCUT2D eigenvalue weighted by atomic mass is 10.1. The van der Waals surface area contributed by atoms with Crippen molar-refractivity contribution >= 4 is 41.1 Å². The molecule has 1 aromatic heterocycles. The number of aromatic amines is 2. The van der Waals surface area contributed by atoms with Gasteiger partial charge in [-0.05, 0) is 61.5 Å². The SMILES string of the molecule is Cc1cc(C)cc(NC(=S)NNC(=O)Cc2cc(=O)[nH]c(=S)[nH]2)c1. The van der Waals surface area contributed by atoms with Gasteiger partial charge in [0.15, 0.2) is 9.88 Å². The molecule has 2 rings (SSSR count). The molecule has 0 fully saturated rings. The molecule has 24 heavy (non-hydrogen) atoms. The van der Waals surface area contributed by atoms with E-state index in [1.807, 2.05) is 26.0 Å². The molecule has 0 unspecified atom stereocenters. The zero-order valence-corrected chi connectivity index (χ0v) is 14.8. The second-order valence-corrected chi connectivity index (χ2v) is 6.11. The van der Waals surface area contributed by atoms with Crippen LogP contribution in [0.2, 0.25) is 0 Å². The van der Waals surface area contributed by atoms with E-state index in [4.69, 9.17) is 24.4 Å². The van der Waals surface area contributed by atoms with Crippen molar-refractivity contribution in [2.45, 2.75) is 20.3 Å². The zero-order chi connectivity index (χ0) is 17.7. The van der Waals surface area contributed by atoms with Crippen LogP contribution >= 0.6 is 24.4 Å². The number of anilines is 1. The predicted molar refractivity (Wildman–Crippen MR) is 99.4 cm³/mol. The maximum absolute atomic E-state index is 11.9. The molecule has 0 saturated heterocycles. The van der Waals surface area contributed by atoms with E-state index in [0.29, 0.717) is 5.69 Å². The number of hydrogen-bond acceptors (Lipinski definition) is 4. The maximum atomic E-state index is 11.9. The van der Waals surface area contributed by atoms with E-state index in [9.17, 15) is 9.59 Å². The highest BCUT2D eigenvalue weighted by atomic mass is 32.1. The van der Waals surface area contributed by atoms with E-state index >= 15 is 0 Å². The molecule has 1 amide bonds. The number of hydrazine groups is 1. The van der Waals surface area contributed by atoms with Crippen LogP contribution in [0.4, 0.5) is 5.69 Å². The van der Waals surface area contributed by atoms with Crippen LogP contribution in [0.25, 0.3) is 0 Å². The van der Waals surface area contributed by atoms with Gasteiger partial charge in [-0.1, -0.05) is 6.07 Å². The van der Waals surface area contributed by atoms with Crippen LogP contribution in [-0.4, -0.2) is 21.0 Å². The molecule has 7 nitrogen and oxygen atoms in total. The van der Waals surface area contributed by atoms with E-state index < -0.39 is 0 Å². The number of aromatic nitrogens is 2. The number of carbonyl (C=O) groups is 1. The Morgan fingerprint density at radius 2 is 1.75 bits per heavy atom. The molecular formula is C15H17N5O2S2. The molecule has 126 valence electrons. The third kappa shape index (κ3) is 5.60. The van der Waals surface area contributed by atoms with Gasteiger partial charge >= 0.3 is 0 Å². The number of nitrogens with one attached hydrogen (secondary N) is 5. The van der Waals surface area contributed by atoms with Gasteiger partial charge in [0.05, 0.1) is 6.42 Å². The van der Waals surface area contributed by atoms with Crippen LogP contribution in [0.5, 0.6) is 0 Å². The van der Waals surface area contributed by atoms with Crippen LogP contribution < -0.4 is 21.7 Å². The maximum Gasteiger partial charge on any atom is 0.251 e. The molecule has 9 heteroatoms.